The van der Waals surface area contributed by atoms with E-state index in [1.54, 1.807) is 12.1 Å². The van der Waals surface area contributed by atoms with Gasteiger partial charge in [-0.3, -0.25) is 4.79 Å². The number of amides is 1. The largest absolute Gasteiger partial charge is 0.471 e. The Bertz CT molecular complexity index is 746. The second kappa shape index (κ2) is 6.51. The first-order valence-corrected chi connectivity index (χ1v) is 7.93. The van der Waals surface area contributed by atoms with Crippen molar-refractivity contribution in [2.75, 3.05) is 5.32 Å². The zero-order chi connectivity index (χ0) is 17.4. The highest BCUT2D eigenvalue weighted by Gasteiger charge is 2.38. The Morgan fingerprint density at radius 1 is 1.04 bits per heavy atom. The van der Waals surface area contributed by atoms with E-state index in [2.05, 4.69) is 12.1 Å². The molecule has 1 N–H and O–H groups in total. The number of hydrogen-bond acceptors (Lipinski definition) is 1. The van der Waals surface area contributed by atoms with Gasteiger partial charge in [0, 0.05) is 3.57 Å². The van der Waals surface area contributed by atoms with Crippen LogP contribution in [0.4, 0.5) is 18.9 Å². The summed E-state index contributed by atoms with van der Waals surface area (Å²) < 4.78 is 37.6. The number of halogens is 4. The second-order valence-electron chi connectivity index (χ2n) is 5.42. The van der Waals surface area contributed by atoms with Gasteiger partial charge in [0.25, 0.3) is 0 Å². The maximum Gasteiger partial charge on any atom is 0.471 e. The number of carbonyl (C=O) groups is 1. The van der Waals surface area contributed by atoms with Crippen LogP contribution in [0.25, 0.3) is 11.1 Å². The fourth-order valence-corrected chi connectivity index (χ4v) is 3.25. The maximum absolute atomic E-state index is 12.3. The van der Waals surface area contributed by atoms with Crippen LogP contribution < -0.4 is 5.32 Å². The van der Waals surface area contributed by atoms with Crippen LogP contribution in [0.3, 0.4) is 0 Å². The maximum atomic E-state index is 12.3. The van der Waals surface area contributed by atoms with Crippen molar-refractivity contribution in [2.45, 2.75) is 26.9 Å². The number of carbonyl (C=O) groups excluding carboxylic acids is 1. The summed E-state index contributed by atoms with van der Waals surface area (Å²) in [6.07, 6.45) is -4.90. The van der Waals surface area contributed by atoms with E-state index in [-0.39, 0.29) is 5.69 Å². The lowest BCUT2D eigenvalue weighted by atomic mass is 9.94. The standard InChI is InChI=1S/C17H15F3INO/c1-9-6-10(2)15(11(3)7-9)12-4-5-14(13(21)8-12)22-16(23)17(18,19)20/h4-8H,1-3H3,(H,22,23). The third-order valence-corrected chi connectivity index (χ3v) is 4.33. The molecule has 0 fully saturated rings. The molecule has 0 aliphatic heterocycles. The minimum absolute atomic E-state index is 0.152. The van der Waals surface area contributed by atoms with Crippen molar-refractivity contribution >= 4 is 34.2 Å². The zero-order valence-electron chi connectivity index (χ0n) is 12.8. The number of alkyl halides is 3. The van der Waals surface area contributed by atoms with Crippen molar-refractivity contribution in [3.8, 4) is 11.1 Å². The Hall–Kier alpha value is -1.57. The fourth-order valence-electron chi connectivity index (χ4n) is 2.60. The van der Waals surface area contributed by atoms with Gasteiger partial charge in [0.2, 0.25) is 0 Å². The summed E-state index contributed by atoms with van der Waals surface area (Å²) in [5, 5.41) is 1.90. The molecular weight excluding hydrogens is 418 g/mol. The number of hydrogen-bond donors (Lipinski definition) is 1. The first-order chi connectivity index (χ1) is 10.6. The average molecular weight is 433 g/mol. The van der Waals surface area contributed by atoms with E-state index in [1.165, 1.54) is 6.07 Å². The number of benzene rings is 2. The molecule has 0 aliphatic rings. The molecule has 0 bridgehead atoms. The van der Waals surface area contributed by atoms with Gasteiger partial charge in [0.1, 0.15) is 0 Å². The summed E-state index contributed by atoms with van der Waals surface area (Å²) in [4.78, 5) is 11.0. The average Bonchev–Trinajstić information content (AvgIpc) is 2.39. The molecule has 2 rings (SSSR count). The van der Waals surface area contributed by atoms with E-state index in [0.717, 1.165) is 27.8 Å². The molecule has 0 saturated carbocycles. The molecule has 0 unspecified atom stereocenters. The van der Waals surface area contributed by atoms with Crippen molar-refractivity contribution in [3.05, 3.63) is 50.6 Å². The highest BCUT2D eigenvalue weighted by Crippen LogP contribution is 2.32. The topological polar surface area (TPSA) is 29.1 Å². The predicted molar refractivity (Wildman–Crippen MR) is 93.5 cm³/mol. The smallest absolute Gasteiger partial charge is 0.317 e. The summed E-state index contributed by atoms with van der Waals surface area (Å²) in [5.41, 5.74) is 5.49. The monoisotopic (exact) mass is 433 g/mol. The van der Waals surface area contributed by atoms with Crippen LogP contribution in [0.1, 0.15) is 16.7 Å². The Morgan fingerprint density at radius 3 is 2.09 bits per heavy atom. The Morgan fingerprint density at radius 2 is 1.61 bits per heavy atom. The van der Waals surface area contributed by atoms with Crippen LogP contribution >= 0.6 is 22.6 Å². The van der Waals surface area contributed by atoms with E-state index in [1.807, 2.05) is 48.7 Å². The minimum Gasteiger partial charge on any atom is -0.317 e. The molecule has 122 valence electrons. The van der Waals surface area contributed by atoms with Crippen LogP contribution in [0.15, 0.2) is 30.3 Å². The van der Waals surface area contributed by atoms with Gasteiger partial charge in [0.05, 0.1) is 5.69 Å². The van der Waals surface area contributed by atoms with Crippen molar-refractivity contribution in [2.24, 2.45) is 0 Å². The quantitative estimate of drug-likeness (QED) is 0.633. The lowest BCUT2D eigenvalue weighted by Crippen LogP contribution is -2.30. The van der Waals surface area contributed by atoms with Crippen molar-refractivity contribution in [1.29, 1.82) is 0 Å². The summed E-state index contributed by atoms with van der Waals surface area (Å²) >= 11 is 1.92. The van der Waals surface area contributed by atoms with E-state index < -0.39 is 12.1 Å². The molecule has 0 aromatic heterocycles. The Balaban J connectivity index is 2.39. The normalized spacial score (nSPS) is 11.4. The Labute approximate surface area is 146 Å². The first-order valence-electron chi connectivity index (χ1n) is 6.85. The number of rotatable bonds is 2. The van der Waals surface area contributed by atoms with Crippen LogP contribution in [0.5, 0.6) is 0 Å². The van der Waals surface area contributed by atoms with Crippen LogP contribution in [-0.4, -0.2) is 12.1 Å². The van der Waals surface area contributed by atoms with Crippen molar-refractivity contribution in [1.82, 2.24) is 0 Å². The van der Waals surface area contributed by atoms with Crippen LogP contribution in [-0.2, 0) is 4.79 Å². The Kier molecular flexibility index (Phi) is 5.03. The molecule has 1 amide bonds. The van der Waals surface area contributed by atoms with E-state index in [4.69, 9.17) is 0 Å². The van der Waals surface area contributed by atoms with E-state index in [9.17, 15) is 18.0 Å². The minimum atomic E-state index is -4.90. The third-order valence-electron chi connectivity index (χ3n) is 3.44. The van der Waals surface area contributed by atoms with E-state index >= 15 is 0 Å². The van der Waals surface area contributed by atoms with Gasteiger partial charge >= 0.3 is 12.1 Å². The van der Waals surface area contributed by atoms with E-state index in [0.29, 0.717) is 3.57 Å². The molecule has 2 nitrogen and oxygen atoms in total. The van der Waals surface area contributed by atoms with Gasteiger partial charge < -0.3 is 5.32 Å². The van der Waals surface area contributed by atoms with Gasteiger partial charge in [-0.15, -0.1) is 0 Å². The lowest BCUT2D eigenvalue weighted by molar-refractivity contribution is -0.167. The number of aryl methyl sites for hydroxylation is 3. The van der Waals surface area contributed by atoms with Gasteiger partial charge in [-0.25, -0.2) is 0 Å². The predicted octanol–water partition coefficient (Wildman–Crippen LogP) is 5.38. The van der Waals surface area contributed by atoms with Crippen molar-refractivity contribution < 1.29 is 18.0 Å². The van der Waals surface area contributed by atoms with Crippen LogP contribution in [0, 0.1) is 24.3 Å². The van der Waals surface area contributed by atoms with Gasteiger partial charge in [-0.2, -0.15) is 13.2 Å². The zero-order valence-corrected chi connectivity index (χ0v) is 15.0. The number of anilines is 1. The SMILES string of the molecule is Cc1cc(C)c(-c2ccc(NC(=O)C(F)(F)F)c(I)c2)c(C)c1. The molecule has 0 radical (unpaired) electrons. The van der Waals surface area contributed by atoms with Gasteiger partial charge in [-0.1, -0.05) is 23.8 Å². The third kappa shape index (κ3) is 4.04. The molecular formula is C17H15F3INO. The van der Waals surface area contributed by atoms with Gasteiger partial charge in [-0.05, 0) is 77.7 Å². The van der Waals surface area contributed by atoms with Gasteiger partial charge in [0.15, 0.2) is 0 Å². The number of nitrogens with one attached hydrogen (secondary N) is 1. The van der Waals surface area contributed by atoms with Crippen molar-refractivity contribution in [3.63, 3.8) is 0 Å². The highest BCUT2D eigenvalue weighted by atomic mass is 127. The molecule has 0 saturated heterocycles. The second-order valence-corrected chi connectivity index (χ2v) is 6.58. The fraction of sp³-hybridized carbons (Fsp3) is 0.235. The first kappa shape index (κ1) is 17.8. The molecule has 2 aromatic carbocycles. The molecule has 0 aliphatic carbocycles. The summed E-state index contributed by atoms with van der Waals surface area (Å²) in [6, 6.07) is 9.12. The lowest BCUT2D eigenvalue weighted by Gasteiger charge is -2.14. The molecule has 0 atom stereocenters. The molecule has 23 heavy (non-hydrogen) atoms. The molecule has 2 aromatic rings. The molecule has 0 heterocycles. The summed E-state index contributed by atoms with van der Waals surface area (Å²) in [5.74, 6) is -1.97. The molecule has 0 spiro atoms. The summed E-state index contributed by atoms with van der Waals surface area (Å²) in [7, 11) is 0. The molecule has 6 heteroatoms. The van der Waals surface area contributed by atoms with Crippen LogP contribution in [0.2, 0.25) is 0 Å². The summed E-state index contributed by atoms with van der Waals surface area (Å²) in [6.45, 7) is 6.02. The highest BCUT2D eigenvalue weighted by molar-refractivity contribution is 14.1.